The van der Waals surface area contributed by atoms with Gasteiger partial charge in [0.05, 0.1) is 19.4 Å². The van der Waals surface area contributed by atoms with Crippen molar-refractivity contribution in [2.75, 3.05) is 20.6 Å². The van der Waals surface area contributed by atoms with E-state index >= 15 is 0 Å². The first kappa shape index (κ1) is 10.7. The zero-order valence-corrected chi connectivity index (χ0v) is 9.14. The molecule has 76 valence electrons. The highest BCUT2D eigenvalue weighted by molar-refractivity contribution is 5.27. The van der Waals surface area contributed by atoms with Crippen LogP contribution in [0.1, 0.15) is 6.92 Å². The third-order valence-corrected chi connectivity index (χ3v) is 2.36. The Balaban J connectivity index is 2.91. The lowest BCUT2D eigenvalue weighted by atomic mass is 10.3. The van der Waals surface area contributed by atoms with Gasteiger partial charge in [0.25, 0.3) is 0 Å². The number of nitrogens with zero attached hydrogens (tertiary/aromatic N) is 3. The quantitative estimate of drug-likeness (QED) is 0.379. The van der Waals surface area contributed by atoms with Crippen LogP contribution < -0.4 is 0 Å². The number of quaternary nitrogens is 1. The molecule has 0 bridgehead atoms. The fraction of sp³-hybridized carbons (Fsp3) is 0.364. The molecule has 14 heavy (non-hydrogen) atoms. The predicted octanol–water partition coefficient (Wildman–Crippen LogP) is 1.93. The first-order valence-electron chi connectivity index (χ1n) is 4.69. The summed E-state index contributed by atoms with van der Waals surface area (Å²) in [4.78, 5) is 6.05. The highest BCUT2D eigenvalue weighted by Crippen LogP contribution is 2.21. The Morgan fingerprint density at radius 2 is 2.36 bits per heavy atom. The molecule has 1 rings (SSSR count). The Labute approximate surface area is 85.9 Å². The van der Waals surface area contributed by atoms with Crippen LogP contribution in [0.25, 0.3) is 0 Å². The summed E-state index contributed by atoms with van der Waals surface area (Å²) in [5, 5.41) is 0. The molecule has 1 heterocycles. The minimum Gasteiger partial charge on any atom is -0.346 e. The summed E-state index contributed by atoms with van der Waals surface area (Å²) in [6.45, 7) is 6.54. The van der Waals surface area contributed by atoms with Crippen molar-refractivity contribution < 1.29 is 4.48 Å². The molecule has 0 aromatic heterocycles. The Hall–Kier alpha value is -1.35. The van der Waals surface area contributed by atoms with E-state index in [1.165, 1.54) is 0 Å². The van der Waals surface area contributed by atoms with Crippen LogP contribution in [0, 0.1) is 0 Å². The van der Waals surface area contributed by atoms with Crippen LogP contribution in [-0.4, -0.2) is 36.7 Å². The number of likely N-dealkylation sites (N-methyl/N-ethyl adjacent to an activating group) is 1. The lowest BCUT2D eigenvalue weighted by molar-refractivity contribution is -0.816. The summed E-state index contributed by atoms with van der Waals surface area (Å²) in [5.74, 6) is 0.966. The van der Waals surface area contributed by atoms with Crippen molar-refractivity contribution in [1.82, 2.24) is 4.90 Å². The van der Waals surface area contributed by atoms with E-state index in [0.717, 1.165) is 12.4 Å². The van der Waals surface area contributed by atoms with Gasteiger partial charge < -0.3 is 4.90 Å². The average molecular weight is 192 g/mol. The molecule has 3 nitrogen and oxygen atoms in total. The van der Waals surface area contributed by atoms with Gasteiger partial charge >= 0.3 is 0 Å². The van der Waals surface area contributed by atoms with Crippen molar-refractivity contribution in [2.45, 2.75) is 6.92 Å². The average Bonchev–Trinajstić information content (AvgIpc) is 2.19. The maximum atomic E-state index is 4.06. The molecule has 1 aliphatic heterocycles. The van der Waals surface area contributed by atoms with Gasteiger partial charge in [0.15, 0.2) is 0 Å². The topological polar surface area (TPSA) is 15.6 Å². The minimum absolute atomic E-state index is 0.679. The van der Waals surface area contributed by atoms with Gasteiger partial charge in [0, 0.05) is 7.05 Å². The van der Waals surface area contributed by atoms with E-state index in [1.54, 1.807) is 0 Å². The third kappa shape index (κ3) is 2.12. The van der Waals surface area contributed by atoms with Gasteiger partial charge in [-0.1, -0.05) is 6.08 Å². The van der Waals surface area contributed by atoms with E-state index in [0.29, 0.717) is 4.48 Å². The van der Waals surface area contributed by atoms with Crippen LogP contribution in [0.15, 0.2) is 41.6 Å². The van der Waals surface area contributed by atoms with Gasteiger partial charge in [-0.3, -0.25) is 0 Å². The van der Waals surface area contributed by atoms with Crippen LogP contribution in [0.5, 0.6) is 0 Å². The van der Waals surface area contributed by atoms with Crippen molar-refractivity contribution in [3.8, 4) is 0 Å². The molecule has 3 heteroatoms. The van der Waals surface area contributed by atoms with Crippen molar-refractivity contribution in [2.24, 2.45) is 4.99 Å². The molecule has 1 atom stereocenters. The van der Waals surface area contributed by atoms with E-state index in [1.807, 2.05) is 31.3 Å². The largest absolute Gasteiger partial charge is 0.346 e. The van der Waals surface area contributed by atoms with E-state index in [-0.39, 0.29) is 0 Å². The van der Waals surface area contributed by atoms with E-state index in [9.17, 15) is 0 Å². The molecule has 0 aliphatic carbocycles. The number of hydrogen-bond acceptors (Lipinski definition) is 2. The van der Waals surface area contributed by atoms with Crippen molar-refractivity contribution >= 4 is 6.72 Å². The molecule has 1 aliphatic rings. The van der Waals surface area contributed by atoms with Gasteiger partial charge in [0.1, 0.15) is 12.7 Å². The fourth-order valence-electron chi connectivity index (χ4n) is 1.37. The molecule has 0 N–H and O–H groups in total. The number of allylic oxidation sites excluding steroid dienone is 1. The summed E-state index contributed by atoms with van der Waals surface area (Å²) in [7, 11) is 4.10. The second-order valence-electron chi connectivity index (χ2n) is 3.63. The Morgan fingerprint density at radius 3 is 2.93 bits per heavy atom. The predicted molar refractivity (Wildman–Crippen MR) is 60.4 cm³/mol. The van der Waals surface area contributed by atoms with E-state index in [4.69, 9.17) is 0 Å². The van der Waals surface area contributed by atoms with Gasteiger partial charge in [-0.2, -0.15) is 0 Å². The van der Waals surface area contributed by atoms with Crippen LogP contribution in [0.2, 0.25) is 0 Å². The van der Waals surface area contributed by atoms with E-state index < -0.39 is 0 Å². The molecule has 0 fully saturated rings. The Kier molecular flexibility index (Phi) is 3.25. The lowest BCUT2D eigenvalue weighted by Gasteiger charge is -2.32. The fourth-order valence-corrected chi connectivity index (χ4v) is 1.37. The first-order chi connectivity index (χ1) is 6.62. The lowest BCUT2D eigenvalue weighted by Crippen LogP contribution is -2.39. The second kappa shape index (κ2) is 4.24. The first-order valence-corrected chi connectivity index (χ1v) is 4.69. The van der Waals surface area contributed by atoms with Crippen LogP contribution in [0.3, 0.4) is 0 Å². The molecule has 0 amide bonds. The smallest absolute Gasteiger partial charge is 0.248 e. The van der Waals surface area contributed by atoms with Crippen molar-refractivity contribution in [3.63, 3.8) is 0 Å². The molecule has 0 aromatic carbocycles. The van der Waals surface area contributed by atoms with Crippen molar-refractivity contribution in [3.05, 3.63) is 36.6 Å². The molecular weight excluding hydrogens is 174 g/mol. The van der Waals surface area contributed by atoms with Gasteiger partial charge in [0.2, 0.25) is 5.82 Å². The number of aliphatic imine (C=N–C) groups is 1. The molecule has 0 saturated heterocycles. The SMILES string of the molecule is C=NC1=CN(C)C=C[N+]1(C)CC=CC. The summed E-state index contributed by atoms with van der Waals surface area (Å²) in [5.41, 5.74) is 0. The highest BCUT2D eigenvalue weighted by atomic mass is 15.4. The van der Waals surface area contributed by atoms with Crippen LogP contribution in [0.4, 0.5) is 0 Å². The monoisotopic (exact) mass is 192 g/mol. The Bertz CT molecular complexity index is 302. The number of rotatable bonds is 3. The normalized spacial score (nSPS) is 26.8. The van der Waals surface area contributed by atoms with Crippen LogP contribution >= 0.6 is 0 Å². The summed E-state index contributed by atoms with van der Waals surface area (Å²) in [6, 6.07) is 0. The second-order valence-corrected chi connectivity index (χ2v) is 3.63. The standard InChI is InChI=1S/C11H18N3/c1-5-6-8-14(4)9-7-13(3)10-11(14)12-2/h5-7,9-10H,2,8H2,1,3-4H3/q+1. The van der Waals surface area contributed by atoms with Gasteiger partial charge in [-0.05, 0) is 19.7 Å². The van der Waals surface area contributed by atoms with Crippen molar-refractivity contribution in [1.29, 1.82) is 0 Å². The molecule has 0 aromatic rings. The van der Waals surface area contributed by atoms with Gasteiger partial charge in [-0.15, -0.1) is 0 Å². The third-order valence-electron chi connectivity index (χ3n) is 2.36. The van der Waals surface area contributed by atoms with E-state index in [2.05, 4.69) is 37.1 Å². The maximum Gasteiger partial charge on any atom is 0.248 e. The Morgan fingerprint density at radius 1 is 1.64 bits per heavy atom. The minimum atomic E-state index is 0.679. The number of hydrogen-bond donors (Lipinski definition) is 0. The molecule has 1 unspecified atom stereocenters. The van der Waals surface area contributed by atoms with Crippen LogP contribution in [-0.2, 0) is 0 Å². The molecule has 0 radical (unpaired) electrons. The highest BCUT2D eigenvalue weighted by Gasteiger charge is 2.26. The zero-order valence-electron chi connectivity index (χ0n) is 9.14. The molecule has 0 saturated carbocycles. The molecular formula is C11H18N3+. The molecule has 0 spiro atoms. The zero-order chi connectivity index (χ0) is 10.6. The summed E-state index contributed by atoms with van der Waals surface area (Å²) >= 11 is 0. The van der Waals surface area contributed by atoms with Gasteiger partial charge in [-0.25, -0.2) is 9.48 Å². The summed E-state index contributed by atoms with van der Waals surface area (Å²) in [6.07, 6.45) is 10.3. The summed E-state index contributed by atoms with van der Waals surface area (Å²) < 4.78 is 0.679. The maximum absolute atomic E-state index is 4.06.